The number of hydrogen-bond acceptors (Lipinski definition) is 3. The van der Waals surface area contributed by atoms with E-state index >= 15 is 0 Å². The monoisotopic (exact) mass is 310 g/mol. The number of carboxylic acid groups (broad SMARTS) is 1. The number of aliphatic carboxylic acids is 1. The lowest BCUT2D eigenvalue weighted by atomic mass is 9.94. The minimum atomic E-state index is -0.888. The summed E-state index contributed by atoms with van der Waals surface area (Å²) in [6, 6.07) is -0.870. The first-order valence-electron chi connectivity index (χ1n) is 7.72. The molecule has 3 atom stereocenters. The largest absolute Gasteiger partial charge is 0.480 e. The van der Waals surface area contributed by atoms with Crippen LogP contribution in [0.2, 0.25) is 0 Å². The maximum Gasteiger partial charge on any atom is 0.327 e. The fourth-order valence-electron chi connectivity index (χ4n) is 3.08. The molecule has 2 amide bonds. The first kappa shape index (κ1) is 14.8. The van der Waals surface area contributed by atoms with E-state index in [0.717, 1.165) is 32.1 Å². The molecular weight excluding hydrogens is 288 g/mol. The van der Waals surface area contributed by atoms with Gasteiger partial charge in [-0.3, -0.25) is 4.90 Å². The standard InChI is InChI=1S/C15H22N2O3S/c18-14(19)12-9-21-13(11-6-7-11)17(12)15(20)16-8-10-4-2-1-3-5-10/h1-2,10-13H,3-9H2,(H,16,20)(H,18,19). The van der Waals surface area contributed by atoms with Crippen LogP contribution in [0, 0.1) is 11.8 Å². The predicted molar refractivity (Wildman–Crippen MR) is 82.1 cm³/mol. The van der Waals surface area contributed by atoms with Crippen LogP contribution in [0.4, 0.5) is 4.79 Å². The Labute approximate surface area is 129 Å². The third-order valence-corrected chi connectivity index (χ3v) is 5.96. The summed E-state index contributed by atoms with van der Waals surface area (Å²) in [5, 5.41) is 12.3. The Morgan fingerprint density at radius 1 is 1.29 bits per heavy atom. The fourth-order valence-corrected chi connectivity index (χ4v) is 4.71. The summed E-state index contributed by atoms with van der Waals surface area (Å²) in [7, 11) is 0. The van der Waals surface area contributed by atoms with Gasteiger partial charge in [0.25, 0.3) is 0 Å². The molecule has 21 heavy (non-hydrogen) atoms. The van der Waals surface area contributed by atoms with Gasteiger partial charge in [-0.1, -0.05) is 12.2 Å². The summed E-state index contributed by atoms with van der Waals surface area (Å²) in [6.07, 6.45) is 9.74. The minimum Gasteiger partial charge on any atom is -0.480 e. The van der Waals surface area contributed by atoms with Crippen molar-refractivity contribution in [1.82, 2.24) is 10.2 Å². The van der Waals surface area contributed by atoms with Crippen molar-refractivity contribution in [3.8, 4) is 0 Å². The first-order chi connectivity index (χ1) is 10.2. The summed E-state index contributed by atoms with van der Waals surface area (Å²) in [6.45, 7) is 0.647. The molecule has 3 unspecified atom stereocenters. The van der Waals surface area contributed by atoms with E-state index in [4.69, 9.17) is 0 Å². The number of carboxylic acids is 1. The molecule has 2 fully saturated rings. The Hall–Kier alpha value is -1.17. The molecule has 2 N–H and O–H groups in total. The second-order valence-electron chi connectivity index (χ2n) is 6.16. The minimum absolute atomic E-state index is 0.0531. The van der Waals surface area contributed by atoms with E-state index in [1.807, 2.05) is 0 Å². The van der Waals surface area contributed by atoms with Gasteiger partial charge in [-0.25, -0.2) is 9.59 Å². The molecule has 1 saturated carbocycles. The second kappa shape index (κ2) is 6.30. The van der Waals surface area contributed by atoms with E-state index in [-0.39, 0.29) is 11.4 Å². The van der Waals surface area contributed by atoms with Crippen LogP contribution >= 0.6 is 11.8 Å². The first-order valence-corrected chi connectivity index (χ1v) is 8.77. The van der Waals surface area contributed by atoms with Crippen molar-refractivity contribution < 1.29 is 14.7 Å². The third-order valence-electron chi connectivity index (χ3n) is 4.50. The average molecular weight is 310 g/mol. The van der Waals surface area contributed by atoms with E-state index in [9.17, 15) is 14.7 Å². The number of thioether (sulfide) groups is 1. The maximum atomic E-state index is 12.5. The van der Waals surface area contributed by atoms with Crippen LogP contribution in [-0.4, -0.2) is 45.7 Å². The topological polar surface area (TPSA) is 69.6 Å². The Bertz CT molecular complexity index is 450. The van der Waals surface area contributed by atoms with Gasteiger partial charge in [0.05, 0.1) is 5.37 Å². The quantitative estimate of drug-likeness (QED) is 0.782. The van der Waals surface area contributed by atoms with Crippen LogP contribution in [0.1, 0.15) is 32.1 Å². The van der Waals surface area contributed by atoms with Gasteiger partial charge in [-0.05, 0) is 43.9 Å². The molecule has 1 saturated heterocycles. The molecule has 3 aliphatic rings. The van der Waals surface area contributed by atoms with E-state index in [1.54, 1.807) is 16.7 Å². The molecule has 0 aromatic carbocycles. The van der Waals surface area contributed by atoms with Crippen molar-refractivity contribution in [2.45, 2.75) is 43.5 Å². The van der Waals surface area contributed by atoms with Crippen molar-refractivity contribution >= 4 is 23.8 Å². The zero-order chi connectivity index (χ0) is 14.8. The van der Waals surface area contributed by atoms with E-state index in [1.165, 1.54) is 0 Å². The number of carbonyl (C=O) groups excluding carboxylic acids is 1. The van der Waals surface area contributed by atoms with Crippen molar-refractivity contribution in [3.05, 3.63) is 12.2 Å². The second-order valence-corrected chi connectivity index (χ2v) is 7.31. The molecular formula is C15H22N2O3S. The van der Waals surface area contributed by atoms with Crippen LogP contribution in [0.25, 0.3) is 0 Å². The van der Waals surface area contributed by atoms with Gasteiger partial charge in [-0.2, -0.15) is 0 Å². The van der Waals surface area contributed by atoms with Crippen LogP contribution in [0.3, 0.4) is 0 Å². The molecule has 116 valence electrons. The Kier molecular flexibility index (Phi) is 4.42. The van der Waals surface area contributed by atoms with Crippen LogP contribution in [0.5, 0.6) is 0 Å². The highest BCUT2D eigenvalue weighted by Gasteiger charge is 2.48. The molecule has 0 spiro atoms. The average Bonchev–Trinajstić information content (AvgIpc) is 3.24. The molecule has 3 rings (SSSR count). The lowest BCUT2D eigenvalue weighted by molar-refractivity contribution is -0.141. The summed E-state index contributed by atoms with van der Waals surface area (Å²) in [5.41, 5.74) is 0. The zero-order valence-corrected chi connectivity index (χ0v) is 12.8. The molecule has 1 heterocycles. The van der Waals surface area contributed by atoms with Crippen molar-refractivity contribution in [3.63, 3.8) is 0 Å². The summed E-state index contributed by atoms with van der Waals surface area (Å²) >= 11 is 1.62. The molecule has 0 aromatic heterocycles. The highest BCUT2D eigenvalue weighted by atomic mass is 32.2. The van der Waals surface area contributed by atoms with Crippen LogP contribution in [-0.2, 0) is 4.79 Å². The number of urea groups is 1. The Balaban J connectivity index is 1.59. The number of allylic oxidation sites excluding steroid dienone is 2. The maximum absolute atomic E-state index is 12.5. The highest BCUT2D eigenvalue weighted by Crippen LogP contribution is 2.45. The van der Waals surface area contributed by atoms with Gasteiger partial charge in [0, 0.05) is 12.3 Å². The predicted octanol–water partition coefficient (Wildman–Crippen LogP) is 2.29. The molecule has 0 aromatic rings. The lowest BCUT2D eigenvalue weighted by Crippen LogP contribution is -2.51. The summed E-state index contributed by atoms with van der Waals surface area (Å²) in [4.78, 5) is 25.4. The fraction of sp³-hybridized carbons (Fsp3) is 0.733. The van der Waals surface area contributed by atoms with Gasteiger partial charge >= 0.3 is 12.0 Å². The van der Waals surface area contributed by atoms with Crippen LogP contribution in [0.15, 0.2) is 12.2 Å². The molecule has 2 aliphatic carbocycles. The van der Waals surface area contributed by atoms with Crippen molar-refractivity contribution in [1.29, 1.82) is 0 Å². The number of amides is 2. The Morgan fingerprint density at radius 3 is 2.71 bits per heavy atom. The Morgan fingerprint density at radius 2 is 2.10 bits per heavy atom. The third kappa shape index (κ3) is 3.36. The summed E-state index contributed by atoms with van der Waals surface area (Å²) in [5.74, 6) is 0.594. The number of hydrogen-bond donors (Lipinski definition) is 2. The van der Waals surface area contributed by atoms with Gasteiger partial charge in [0.15, 0.2) is 0 Å². The van der Waals surface area contributed by atoms with E-state index < -0.39 is 12.0 Å². The number of nitrogens with one attached hydrogen (secondary N) is 1. The zero-order valence-electron chi connectivity index (χ0n) is 12.0. The molecule has 6 heteroatoms. The molecule has 0 radical (unpaired) electrons. The SMILES string of the molecule is O=C(O)C1CSC(C2CC2)N1C(=O)NCC1CC=CCC1. The van der Waals surface area contributed by atoms with E-state index in [0.29, 0.717) is 24.1 Å². The number of rotatable bonds is 4. The molecule has 1 aliphatic heterocycles. The lowest BCUT2D eigenvalue weighted by Gasteiger charge is -2.28. The normalized spacial score (nSPS) is 32.2. The highest BCUT2D eigenvalue weighted by molar-refractivity contribution is 8.00. The van der Waals surface area contributed by atoms with Gasteiger partial charge < -0.3 is 10.4 Å². The number of nitrogens with zero attached hydrogens (tertiary/aromatic N) is 1. The number of carbonyl (C=O) groups is 2. The van der Waals surface area contributed by atoms with Gasteiger partial charge in [-0.15, -0.1) is 11.8 Å². The molecule has 0 bridgehead atoms. The van der Waals surface area contributed by atoms with Crippen molar-refractivity contribution in [2.75, 3.05) is 12.3 Å². The summed E-state index contributed by atoms with van der Waals surface area (Å²) < 4.78 is 0. The van der Waals surface area contributed by atoms with Gasteiger partial charge in [0.2, 0.25) is 0 Å². The smallest absolute Gasteiger partial charge is 0.327 e. The van der Waals surface area contributed by atoms with E-state index in [2.05, 4.69) is 17.5 Å². The molecule has 5 nitrogen and oxygen atoms in total. The van der Waals surface area contributed by atoms with Gasteiger partial charge in [0.1, 0.15) is 6.04 Å². The van der Waals surface area contributed by atoms with Crippen LogP contribution < -0.4 is 5.32 Å². The van der Waals surface area contributed by atoms with Crippen molar-refractivity contribution in [2.24, 2.45) is 11.8 Å².